The van der Waals surface area contributed by atoms with Crippen molar-refractivity contribution in [3.63, 3.8) is 0 Å². The Morgan fingerprint density at radius 3 is 1.57 bits per heavy atom. The molecule has 47 heavy (non-hydrogen) atoms. The minimum atomic E-state index is -1.00. The highest BCUT2D eigenvalue weighted by Gasteiger charge is 2.35. The van der Waals surface area contributed by atoms with Crippen LogP contribution in [-0.4, -0.2) is 89.9 Å². The minimum Gasteiger partial charge on any atom is -0.444 e. The summed E-state index contributed by atoms with van der Waals surface area (Å²) in [4.78, 5) is 28.5. The van der Waals surface area contributed by atoms with Crippen LogP contribution < -0.4 is 0 Å². The van der Waals surface area contributed by atoms with Crippen molar-refractivity contribution in [3.05, 3.63) is 69.7 Å². The fourth-order valence-corrected chi connectivity index (χ4v) is 5.80. The predicted molar refractivity (Wildman–Crippen MR) is 186 cm³/mol. The summed E-state index contributed by atoms with van der Waals surface area (Å²) in [5, 5.41) is 11.3. The molecular formula is C36H53Cl2FN2O6. The second-order valence-electron chi connectivity index (χ2n) is 13.9. The minimum absolute atomic E-state index is 0.0558. The number of piperidine rings is 2. The topological polar surface area (TPSA) is 88.5 Å². The molecule has 2 unspecified atom stereocenters. The number of nitrogens with zero attached hydrogens (tertiary/aromatic N) is 2. The number of halogens is 3. The first-order valence-corrected chi connectivity index (χ1v) is 16.7. The molecule has 4 atom stereocenters. The van der Waals surface area contributed by atoms with Crippen LogP contribution in [0.1, 0.15) is 79.7 Å². The summed E-state index contributed by atoms with van der Waals surface area (Å²) < 4.78 is 32.0. The zero-order valence-corrected chi connectivity index (χ0v) is 30.3. The summed E-state index contributed by atoms with van der Waals surface area (Å²) in [6.45, 7) is 12.4. The summed E-state index contributed by atoms with van der Waals surface area (Å²) in [5.74, 6) is 0. The van der Waals surface area contributed by atoms with Gasteiger partial charge in [0, 0.05) is 42.3 Å². The van der Waals surface area contributed by atoms with Crippen LogP contribution >= 0.6 is 23.2 Å². The van der Waals surface area contributed by atoms with Gasteiger partial charge in [-0.25, -0.2) is 9.59 Å². The molecule has 2 aliphatic heterocycles. The summed E-state index contributed by atoms with van der Waals surface area (Å²) in [6.07, 6.45) is 3.55. The molecule has 0 radical (unpaired) electrons. The Balaban J connectivity index is 0.000000309. The molecule has 2 saturated heterocycles. The van der Waals surface area contributed by atoms with Gasteiger partial charge in [0.2, 0.25) is 0 Å². The molecule has 0 spiro atoms. The molecule has 2 aromatic carbocycles. The summed E-state index contributed by atoms with van der Waals surface area (Å²) in [7, 11) is 0.729. The number of carbonyl (C=O) groups is 2. The van der Waals surface area contributed by atoms with E-state index in [0.29, 0.717) is 37.4 Å². The third kappa shape index (κ3) is 14.6. The molecule has 11 heteroatoms. The first-order valence-electron chi connectivity index (χ1n) is 16.7. The Morgan fingerprint density at radius 2 is 1.19 bits per heavy atom. The van der Waals surface area contributed by atoms with E-state index in [9.17, 15) is 19.1 Å². The lowest BCUT2D eigenvalue weighted by atomic mass is 9.94. The second-order valence-corrected chi connectivity index (χ2v) is 14.7. The van der Waals surface area contributed by atoms with Gasteiger partial charge in [-0.1, -0.05) is 47.5 Å². The van der Waals surface area contributed by atoms with Crippen molar-refractivity contribution in [2.75, 3.05) is 27.4 Å². The van der Waals surface area contributed by atoms with E-state index in [1.165, 1.54) is 0 Å². The number of benzene rings is 2. The lowest BCUT2D eigenvalue weighted by Gasteiger charge is -2.39. The summed E-state index contributed by atoms with van der Waals surface area (Å²) in [6, 6.07) is 15.4. The Bertz CT molecular complexity index is 1260. The monoisotopic (exact) mass is 699 g/mol. The quantitative estimate of drug-likeness (QED) is 0.337. The van der Waals surface area contributed by atoms with E-state index < -0.39 is 18.4 Å². The fourth-order valence-electron chi connectivity index (χ4n) is 5.55. The molecule has 264 valence electrons. The molecule has 2 aromatic rings. The molecule has 1 N–H and O–H groups in total. The number of ether oxygens (including phenoxy) is 3. The van der Waals surface area contributed by atoms with Gasteiger partial charge in [0.1, 0.15) is 11.2 Å². The van der Waals surface area contributed by atoms with Gasteiger partial charge >= 0.3 is 12.2 Å². The molecule has 0 bridgehead atoms. The van der Waals surface area contributed by atoms with Crippen molar-refractivity contribution in [1.82, 2.24) is 9.80 Å². The van der Waals surface area contributed by atoms with E-state index in [1.807, 2.05) is 95.0 Å². The molecule has 0 aromatic heterocycles. The van der Waals surface area contributed by atoms with Crippen LogP contribution in [-0.2, 0) is 27.1 Å². The average molecular weight is 701 g/mol. The SMILES string of the molecule is CC(C)(C)OC(=O)N1CC[C@@H](O)CC1Cc1ccc(Cl)cc1.CO[C@@H]1CCN(C(=O)OC(C)(C)C)C(Cc2ccc(Cl)cc2)C1.[2H]CF. The van der Waals surface area contributed by atoms with E-state index >= 15 is 0 Å². The van der Waals surface area contributed by atoms with Gasteiger partial charge in [0.05, 0.1) is 20.7 Å². The summed E-state index contributed by atoms with van der Waals surface area (Å²) >= 11 is 11.9. The van der Waals surface area contributed by atoms with Gasteiger partial charge in [0.15, 0.2) is 0 Å². The highest BCUT2D eigenvalue weighted by Crippen LogP contribution is 2.26. The van der Waals surface area contributed by atoms with Gasteiger partial charge in [-0.2, -0.15) is 0 Å². The molecule has 0 saturated carbocycles. The molecule has 4 rings (SSSR count). The Hall–Kier alpha value is -2.59. The maximum atomic E-state index is 12.5. The van der Waals surface area contributed by atoms with E-state index in [-0.39, 0.29) is 36.5 Å². The summed E-state index contributed by atoms with van der Waals surface area (Å²) in [5.41, 5.74) is 1.25. The number of hydrogen-bond donors (Lipinski definition) is 1. The molecule has 2 aliphatic rings. The van der Waals surface area contributed by atoms with E-state index in [4.69, 9.17) is 38.8 Å². The Kier molecular flexibility index (Phi) is 15.6. The molecule has 8 nitrogen and oxygen atoms in total. The molecule has 2 amide bonds. The van der Waals surface area contributed by atoms with Gasteiger partial charge in [-0.15, -0.1) is 0 Å². The number of rotatable bonds is 5. The van der Waals surface area contributed by atoms with Crippen molar-refractivity contribution in [3.8, 4) is 0 Å². The smallest absolute Gasteiger partial charge is 0.410 e. The number of alkyl halides is 1. The Labute approximate surface area is 291 Å². The fraction of sp³-hybridized carbons (Fsp3) is 0.611. The highest BCUT2D eigenvalue weighted by atomic mass is 35.5. The molecule has 2 fully saturated rings. The van der Waals surface area contributed by atoms with Gasteiger partial charge in [-0.05, 0) is 115 Å². The van der Waals surface area contributed by atoms with Crippen molar-refractivity contribution in [2.24, 2.45) is 0 Å². The molecule has 0 aliphatic carbocycles. The Morgan fingerprint density at radius 1 is 0.809 bits per heavy atom. The number of amides is 2. The van der Waals surface area contributed by atoms with Gasteiger partial charge < -0.3 is 29.1 Å². The maximum absolute atomic E-state index is 12.5. The molecule has 2 heterocycles. The predicted octanol–water partition coefficient (Wildman–Crippen LogP) is 8.53. The first kappa shape index (κ1) is 38.9. The van der Waals surface area contributed by atoms with Crippen LogP contribution in [0.4, 0.5) is 14.0 Å². The standard InChI is InChI=1S/C18H26ClNO3.C17H24ClNO3.CH3F/c1-18(2,3)23-17(21)20-10-9-16(22-4)12-15(20)11-13-5-7-14(19)8-6-13;1-17(2,3)22-16(21)19-9-8-15(20)11-14(19)10-12-4-6-13(18)7-5-12;1-2/h5-8,15-16H,9-12H2,1-4H3;4-7,14-15,20H,8-11H2,1-3H3;1H3/t15?,16-;14?,15-;/m11./s1/i;;1D. The number of likely N-dealkylation sites (tertiary alicyclic amines) is 2. The number of aliphatic hydroxyl groups excluding tert-OH is 1. The third-order valence-corrected chi connectivity index (χ3v) is 8.22. The van der Waals surface area contributed by atoms with Gasteiger partial charge in [0.25, 0.3) is 0 Å². The normalized spacial score (nSPS) is 21.7. The zero-order chi connectivity index (χ0) is 36.1. The van der Waals surface area contributed by atoms with Crippen molar-refractivity contribution >= 4 is 35.4 Å². The first-order chi connectivity index (χ1) is 22.4. The third-order valence-electron chi connectivity index (χ3n) is 7.71. The van der Waals surface area contributed by atoms with Crippen molar-refractivity contribution < 1.29 is 34.7 Å². The van der Waals surface area contributed by atoms with Crippen molar-refractivity contribution in [1.29, 1.82) is 0 Å². The van der Waals surface area contributed by atoms with Crippen LogP contribution in [0, 0.1) is 0 Å². The number of aliphatic hydroxyl groups is 1. The van der Waals surface area contributed by atoms with Crippen LogP contribution in [0.5, 0.6) is 0 Å². The molecular weight excluding hydrogens is 646 g/mol. The van der Waals surface area contributed by atoms with E-state index in [1.54, 1.807) is 12.0 Å². The van der Waals surface area contributed by atoms with E-state index in [2.05, 4.69) is 0 Å². The van der Waals surface area contributed by atoms with Crippen LogP contribution in [0.3, 0.4) is 0 Å². The van der Waals surface area contributed by atoms with Crippen molar-refractivity contribution in [2.45, 2.75) is 116 Å². The lowest BCUT2D eigenvalue weighted by Crippen LogP contribution is -2.50. The average Bonchev–Trinajstić information content (AvgIpc) is 2.98. The lowest BCUT2D eigenvalue weighted by molar-refractivity contribution is -0.0179. The van der Waals surface area contributed by atoms with E-state index in [0.717, 1.165) is 35.4 Å². The zero-order valence-electron chi connectivity index (χ0n) is 29.8. The highest BCUT2D eigenvalue weighted by molar-refractivity contribution is 6.30. The van der Waals surface area contributed by atoms with Crippen LogP contribution in [0.2, 0.25) is 10.0 Å². The largest absolute Gasteiger partial charge is 0.444 e. The van der Waals surface area contributed by atoms with Crippen LogP contribution in [0.15, 0.2) is 48.5 Å². The maximum Gasteiger partial charge on any atom is 0.410 e. The van der Waals surface area contributed by atoms with Gasteiger partial charge in [-0.3, -0.25) is 4.39 Å². The number of carbonyl (C=O) groups excluding carboxylic acids is 2. The number of methoxy groups -OCH3 is 1. The van der Waals surface area contributed by atoms with Crippen LogP contribution in [0.25, 0.3) is 0 Å². The number of hydrogen-bond acceptors (Lipinski definition) is 6. The second kappa shape index (κ2) is 18.8.